The van der Waals surface area contributed by atoms with Crippen molar-refractivity contribution in [1.82, 2.24) is 19.9 Å². The first-order chi connectivity index (χ1) is 8.24. The summed E-state index contributed by atoms with van der Waals surface area (Å²) >= 11 is 0. The Hall–Kier alpha value is -2.43. The number of hydrogen-bond acceptors (Lipinski definition) is 4. The summed E-state index contributed by atoms with van der Waals surface area (Å²) in [6.07, 6.45) is 3.19. The van der Waals surface area contributed by atoms with Crippen molar-refractivity contribution in [3.05, 3.63) is 36.3 Å². The zero-order valence-electron chi connectivity index (χ0n) is 9.31. The average molecular weight is 225 g/mol. The van der Waals surface area contributed by atoms with E-state index in [0.717, 1.165) is 28.2 Å². The quantitative estimate of drug-likeness (QED) is 0.620. The molecular weight excluding hydrogens is 214 g/mol. The largest absolute Gasteiger partial charge is 0.399 e. The van der Waals surface area contributed by atoms with E-state index in [9.17, 15) is 0 Å². The SMILES string of the molecule is Cc1ccc(N)cc1-c1nc2ncncc2[nH]1. The molecule has 0 aliphatic heterocycles. The molecule has 0 unspecified atom stereocenters. The molecule has 0 aliphatic carbocycles. The standard InChI is InChI=1S/C12H11N5/c1-7-2-3-8(13)4-9(7)11-16-10-5-14-6-15-12(10)17-11/h2-6H,13H2,1H3,(H,14,15,16,17). The molecule has 0 spiro atoms. The van der Waals surface area contributed by atoms with Gasteiger partial charge in [-0.25, -0.2) is 15.0 Å². The van der Waals surface area contributed by atoms with Gasteiger partial charge in [-0.1, -0.05) is 6.07 Å². The third kappa shape index (κ3) is 1.61. The van der Waals surface area contributed by atoms with Crippen LogP contribution in [0, 0.1) is 6.92 Å². The van der Waals surface area contributed by atoms with Gasteiger partial charge in [-0.2, -0.15) is 0 Å². The maximum Gasteiger partial charge on any atom is 0.181 e. The molecule has 17 heavy (non-hydrogen) atoms. The fraction of sp³-hybridized carbons (Fsp3) is 0.0833. The zero-order valence-corrected chi connectivity index (χ0v) is 9.31. The number of anilines is 1. The number of aromatic amines is 1. The molecule has 0 fully saturated rings. The fourth-order valence-corrected chi connectivity index (χ4v) is 1.78. The number of aromatic nitrogens is 4. The zero-order chi connectivity index (χ0) is 11.8. The van der Waals surface area contributed by atoms with Gasteiger partial charge in [0.05, 0.1) is 6.20 Å². The first-order valence-electron chi connectivity index (χ1n) is 5.26. The van der Waals surface area contributed by atoms with Gasteiger partial charge in [0.1, 0.15) is 17.7 Å². The minimum absolute atomic E-state index is 0.664. The summed E-state index contributed by atoms with van der Waals surface area (Å²) in [5.74, 6) is 0.769. The van der Waals surface area contributed by atoms with E-state index in [-0.39, 0.29) is 0 Å². The molecule has 3 aromatic rings. The maximum atomic E-state index is 5.79. The molecule has 0 amide bonds. The molecule has 0 atom stereocenters. The van der Waals surface area contributed by atoms with Crippen LogP contribution in [-0.2, 0) is 0 Å². The summed E-state index contributed by atoms with van der Waals surface area (Å²) in [7, 11) is 0. The Morgan fingerprint density at radius 1 is 1.29 bits per heavy atom. The molecule has 0 bridgehead atoms. The lowest BCUT2D eigenvalue weighted by Gasteiger charge is -2.03. The van der Waals surface area contributed by atoms with Crippen LogP contribution >= 0.6 is 0 Å². The van der Waals surface area contributed by atoms with Gasteiger partial charge in [0.25, 0.3) is 0 Å². The van der Waals surface area contributed by atoms with Crippen LogP contribution in [0.15, 0.2) is 30.7 Å². The topological polar surface area (TPSA) is 80.5 Å². The molecule has 0 radical (unpaired) electrons. The highest BCUT2D eigenvalue weighted by Gasteiger charge is 2.08. The van der Waals surface area contributed by atoms with Gasteiger partial charge in [0, 0.05) is 11.3 Å². The minimum Gasteiger partial charge on any atom is -0.399 e. The van der Waals surface area contributed by atoms with Crippen molar-refractivity contribution in [3.8, 4) is 11.4 Å². The molecule has 2 heterocycles. The smallest absolute Gasteiger partial charge is 0.181 e. The predicted molar refractivity (Wildman–Crippen MR) is 66.3 cm³/mol. The molecule has 1 aromatic carbocycles. The Labute approximate surface area is 97.7 Å². The number of nitrogens with zero attached hydrogens (tertiary/aromatic N) is 3. The maximum absolute atomic E-state index is 5.79. The third-order valence-electron chi connectivity index (χ3n) is 2.68. The third-order valence-corrected chi connectivity index (χ3v) is 2.68. The minimum atomic E-state index is 0.664. The normalized spacial score (nSPS) is 10.9. The average Bonchev–Trinajstić information content (AvgIpc) is 2.75. The second-order valence-electron chi connectivity index (χ2n) is 3.92. The van der Waals surface area contributed by atoms with Crippen LogP contribution < -0.4 is 5.73 Å². The summed E-state index contributed by atoms with van der Waals surface area (Å²) in [5, 5.41) is 0. The molecule has 3 N–H and O–H groups in total. The molecular formula is C12H11N5. The van der Waals surface area contributed by atoms with Crippen molar-refractivity contribution < 1.29 is 0 Å². The van der Waals surface area contributed by atoms with Crippen molar-refractivity contribution in [3.63, 3.8) is 0 Å². The fourth-order valence-electron chi connectivity index (χ4n) is 1.78. The van der Waals surface area contributed by atoms with Crippen molar-refractivity contribution in [1.29, 1.82) is 0 Å². The lowest BCUT2D eigenvalue weighted by molar-refractivity contribution is 1.20. The Morgan fingerprint density at radius 3 is 3.00 bits per heavy atom. The van der Waals surface area contributed by atoms with Crippen LogP contribution in [0.4, 0.5) is 5.69 Å². The summed E-state index contributed by atoms with van der Waals surface area (Å²) < 4.78 is 0. The van der Waals surface area contributed by atoms with E-state index in [1.54, 1.807) is 6.20 Å². The first-order valence-corrected chi connectivity index (χ1v) is 5.26. The molecule has 84 valence electrons. The summed E-state index contributed by atoms with van der Waals surface area (Å²) in [5.41, 5.74) is 10.1. The summed E-state index contributed by atoms with van der Waals surface area (Å²) in [6.45, 7) is 2.02. The molecule has 3 rings (SSSR count). The molecule has 0 aliphatic rings. The van der Waals surface area contributed by atoms with Crippen molar-refractivity contribution in [2.75, 3.05) is 5.73 Å². The van der Waals surface area contributed by atoms with Crippen LogP contribution in [0.1, 0.15) is 5.56 Å². The first kappa shape index (κ1) is 9.77. The van der Waals surface area contributed by atoms with Crippen LogP contribution in [0.2, 0.25) is 0 Å². The molecule has 5 heteroatoms. The number of fused-ring (bicyclic) bond motifs is 1. The number of rotatable bonds is 1. The van der Waals surface area contributed by atoms with Gasteiger partial charge in [0.2, 0.25) is 0 Å². The van der Waals surface area contributed by atoms with E-state index in [2.05, 4.69) is 19.9 Å². The van der Waals surface area contributed by atoms with Gasteiger partial charge in [-0.15, -0.1) is 0 Å². The van der Waals surface area contributed by atoms with Crippen LogP contribution in [0.25, 0.3) is 22.6 Å². The number of benzene rings is 1. The summed E-state index contributed by atoms with van der Waals surface area (Å²) in [6, 6.07) is 5.76. The van der Waals surface area contributed by atoms with E-state index in [1.165, 1.54) is 6.33 Å². The Kier molecular flexibility index (Phi) is 2.04. The highest BCUT2D eigenvalue weighted by molar-refractivity contribution is 5.76. The molecule has 2 aromatic heterocycles. The van der Waals surface area contributed by atoms with Gasteiger partial charge in [0.15, 0.2) is 5.65 Å². The highest BCUT2D eigenvalue weighted by Crippen LogP contribution is 2.24. The van der Waals surface area contributed by atoms with Gasteiger partial charge in [-0.05, 0) is 24.6 Å². The number of hydrogen-bond donors (Lipinski definition) is 2. The summed E-state index contributed by atoms with van der Waals surface area (Å²) in [4.78, 5) is 15.7. The van der Waals surface area contributed by atoms with Crippen LogP contribution in [0.5, 0.6) is 0 Å². The van der Waals surface area contributed by atoms with Crippen LogP contribution in [0.3, 0.4) is 0 Å². The van der Waals surface area contributed by atoms with Crippen molar-refractivity contribution >= 4 is 16.9 Å². The number of nitrogen functional groups attached to an aromatic ring is 1. The van der Waals surface area contributed by atoms with Gasteiger partial charge < -0.3 is 10.7 Å². The lowest BCUT2D eigenvalue weighted by atomic mass is 10.1. The molecule has 0 saturated carbocycles. The Bertz CT molecular complexity index is 653. The number of imidazole rings is 1. The van der Waals surface area contributed by atoms with Gasteiger partial charge >= 0.3 is 0 Å². The Morgan fingerprint density at radius 2 is 2.18 bits per heavy atom. The second kappa shape index (κ2) is 3.55. The van der Waals surface area contributed by atoms with E-state index in [4.69, 9.17) is 5.73 Å². The van der Waals surface area contributed by atoms with Crippen molar-refractivity contribution in [2.45, 2.75) is 6.92 Å². The van der Waals surface area contributed by atoms with Crippen LogP contribution in [-0.4, -0.2) is 19.9 Å². The number of H-pyrrole nitrogens is 1. The second-order valence-corrected chi connectivity index (χ2v) is 3.92. The van der Waals surface area contributed by atoms with Crippen molar-refractivity contribution in [2.24, 2.45) is 0 Å². The van der Waals surface area contributed by atoms with E-state index >= 15 is 0 Å². The van der Waals surface area contributed by atoms with E-state index < -0.39 is 0 Å². The lowest BCUT2D eigenvalue weighted by Crippen LogP contribution is -1.90. The molecule has 0 saturated heterocycles. The van der Waals surface area contributed by atoms with Gasteiger partial charge in [-0.3, -0.25) is 0 Å². The molecule has 5 nitrogen and oxygen atoms in total. The van der Waals surface area contributed by atoms with E-state index in [0.29, 0.717) is 5.65 Å². The highest BCUT2D eigenvalue weighted by atomic mass is 15.0. The monoisotopic (exact) mass is 225 g/mol. The number of nitrogens with two attached hydrogens (primary N) is 1. The number of aryl methyl sites for hydroxylation is 1. The van der Waals surface area contributed by atoms with E-state index in [1.807, 2.05) is 25.1 Å². The Balaban J connectivity index is 2.23. The number of nitrogens with one attached hydrogen (secondary N) is 1. The predicted octanol–water partition coefficient (Wildman–Crippen LogP) is 1.91.